The Balaban J connectivity index is 1.78. The minimum absolute atomic E-state index is 0.372. The van der Waals surface area contributed by atoms with E-state index < -0.39 is 0 Å². The largest absolute Gasteiger partial charge is 0.355 e. The predicted octanol–water partition coefficient (Wildman–Crippen LogP) is 6.25. The van der Waals surface area contributed by atoms with Crippen LogP contribution in [0.4, 0.5) is 0 Å². The van der Waals surface area contributed by atoms with Gasteiger partial charge in [-0.2, -0.15) is 0 Å². The summed E-state index contributed by atoms with van der Waals surface area (Å²) < 4.78 is 10.9. The average Bonchev–Trinajstić information content (AvgIpc) is 2.59. The van der Waals surface area contributed by atoms with Gasteiger partial charge in [-0.3, -0.25) is 0 Å². The van der Waals surface area contributed by atoms with E-state index in [-0.39, 0.29) is 0 Å². The summed E-state index contributed by atoms with van der Waals surface area (Å²) in [5, 5.41) is 1.15. The molecule has 0 bridgehead atoms. The van der Waals surface area contributed by atoms with Crippen LogP contribution in [-0.2, 0) is 16.1 Å². The second-order valence-electron chi connectivity index (χ2n) is 5.72. The van der Waals surface area contributed by atoms with Crippen LogP contribution in [0.15, 0.2) is 42.5 Å². The van der Waals surface area contributed by atoms with Crippen LogP contribution in [0.3, 0.4) is 0 Å². The lowest BCUT2D eigenvalue weighted by Crippen LogP contribution is -2.01. The van der Waals surface area contributed by atoms with E-state index in [4.69, 9.17) is 9.47 Å². The molecule has 23 heavy (non-hydrogen) atoms. The Labute approximate surface area is 150 Å². The molecule has 0 aromatic heterocycles. The van der Waals surface area contributed by atoms with Crippen LogP contribution < -0.4 is 0 Å². The maximum absolute atomic E-state index is 5.47. The Morgan fingerprint density at radius 1 is 0.783 bits per heavy atom. The zero-order valence-electron chi connectivity index (χ0n) is 14.2. The fraction of sp³-hybridized carbons (Fsp3) is 0.600. The first-order valence-electron chi connectivity index (χ1n) is 8.84. The summed E-state index contributed by atoms with van der Waals surface area (Å²) in [6.07, 6.45) is 14.8. The number of hydrogen-bond acceptors (Lipinski definition) is 2. The second kappa shape index (κ2) is 16.2. The number of benzene rings is 1. The van der Waals surface area contributed by atoms with Crippen molar-refractivity contribution >= 4 is 15.9 Å². The van der Waals surface area contributed by atoms with Gasteiger partial charge < -0.3 is 9.47 Å². The molecular weight excluding hydrogens is 352 g/mol. The Kier molecular flexibility index (Phi) is 14.4. The van der Waals surface area contributed by atoms with Crippen molar-refractivity contribution in [1.29, 1.82) is 0 Å². The van der Waals surface area contributed by atoms with E-state index in [0.717, 1.165) is 18.4 Å². The molecule has 0 saturated carbocycles. The summed E-state index contributed by atoms with van der Waals surface area (Å²) in [5.74, 6) is 0. The van der Waals surface area contributed by atoms with E-state index >= 15 is 0 Å². The SMILES string of the molecule is BrCCCCCCCCC=CCCOCOCc1ccccc1. The maximum Gasteiger partial charge on any atom is 0.147 e. The van der Waals surface area contributed by atoms with Crippen molar-refractivity contribution in [2.45, 2.75) is 58.0 Å². The van der Waals surface area contributed by atoms with Gasteiger partial charge in [0.1, 0.15) is 6.79 Å². The Morgan fingerprint density at radius 3 is 2.26 bits per heavy atom. The zero-order valence-corrected chi connectivity index (χ0v) is 15.8. The van der Waals surface area contributed by atoms with Crippen molar-refractivity contribution in [3.8, 4) is 0 Å². The Bertz CT molecular complexity index is 378. The highest BCUT2D eigenvalue weighted by Crippen LogP contribution is 2.08. The van der Waals surface area contributed by atoms with Crippen LogP contribution in [0.25, 0.3) is 0 Å². The van der Waals surface area contributed by atoms with Crippen LogP contribution >= 0.6 is 15.9 Å². The van der Waals surface area contributed by atoms with Crippen molar-refractivity contribution in [3.05, 3.63) is 48.0 Å². The lowest BCUT2D eigenvalue weighted by atomic mass is 10.1. The smallest absolute Gasteiger partial charge is 0.147 e. The van der Waals surface area contributed by atoms with Crippen molar-refractivity contribution in [2.24, 2.45) is 0 Å². The van der Waals surface area contributed by atoms with E-state index in [1.54, 1.807) is 0 Å². The molecular formula is C20H31BrO2. The number of unbranched alkanes of at least 4 members (excludes halogenated alkanes) is 6. The Hall–Kier alpha value is -0.640. The van der Waals surface area contributed by atoms with Crippen molar-refractivity contribution in [1.82, 2.24) is 0 Å². The van der Waals surface area contributed by atoms with Crippen LogP contribution in [0.1, 0.15) is 56.9 Å². The van der Waals surface area contributed by atoms with Gasteiger partial charge in [0.15, 0.2) is 0 Å². The van der Waals surface area contributed by atoms with Gasteiger partial charge in [-0.15, -0.1) is 0 Å². The normalized spacial score (nSPS) is 11.3. The third-order valence-electron chi connectivity index (χ3n) is 3.63. The molecule has 0 N–H and O–H groups in total. The third kappa shape index (κ3) is 13.5. The summed E-state index contributed by atoms with van der Waals surface area (Å²) >= 11 is 3.47. The molecule has 0 unspecified atom stereocenters. The van der Waals surface area contributed by atoms with E-state index in [2.05, 4.69) is 40.2 Å². The molecule has 1 rings (SSSR count). The van der Waals surface area contributed by atoms with Crippen molar-refractivity contribution in [3.63, 3.8) is 0 Å². The highest BCUT2D eigenvalue weighted by molar-refractivity contribution is 9.09. The lowest BCUT2D eigenvalue weighted by Gasteiger charge is -2.04. The average molecular weight is 383 g/mol. The first kappa shape index (κ1) is 20.4. The number of ether oxygens (including phenoxy) is 2. The number of halogens is 1. The van der Waals surface area contributed by atoms with Gasteiger partial charge in [0.25, 0.3) is 0 Å². The van der Waals surface area contributed by atoms with Gasteiger partial charge in [-0.1, -0.05) is 84.1 Å². The van der Waals surface area contributed by atoms with Gasteiger partial charge in [0.2, 0.25) is 0 Å². The first-order chi connectivity index (χ1) is 11.4. The minimum atomic E-state index is 0.372. The molecule has 0 aliphatic heterocycles. The molecule has 0 radical (unpaired) electrons. The van der Waals surface area contributed by atoms with Gasteiger partial charge in [-0.05, 0) is 31.2 Å². The van der Waals surface area contributed by atoms with Gasteiger partial charge in [0.05, 0.1) is 13.2 Å². The predicted molar refractivity (Wildman–Crippen MR) is 102 cm³/mol. The molecule has 0 amide bonds. The van der Waals surface area contributed by atoms with E-state index in [9.17, 15) is 0 Å². The molecule has 0 fully saturated rings. The minimum Gasteiger partial charge on any atom is -0.355 e. The second-order valence-corrected chi connectivity index (χ2v) is 6.51. The van der Waals surface area contributed by atoms with Gasteiger partial charge in [-0.25, -0.2) is 0 Å². The fourth-order valence-electron chi connectivity index (χ4n) is 2.30. The zero-order chi connectivity index (χ0) is 16.4. The van der Waals surface area contributed by atoms with Gasteiger partial charge >= 0.3 is 0 Å². The summed E-state index contributed by atoms with van der Waals surface area (Å²) in [7, 11) is 0. The molecule has 130 valence electrons. The molecule has 0 saturated heterocycles. The summed E-state index contributed by atoms with van der Waals surface area (Å²) in [6, 6.07) is 10.2. The molecule has 0 aliphatic carbocycles. The Morgan fingerprint density at radius 2 is 1.48 bits per heavy atom. The van der Waals surface area contributed by atoms with Crippen molar-refractivity contribution in [2.75, 3.05) is 18.7 Å². The third-order valence-corrected chi connectivity index (χ3v) is 4.19. The number of allylic oxidation sites excluding steroid dienone is 1. The van der Waals surface area contributed by atoms with Crippen LogP contribution in [0, 0.1) is 0 Å². The van der Waals surface area contributed by atoms with Crippen LogP contribution in [0.5, 0.6) is 0 Å². The highest BCUT2D eigenvalue weighted by Gasteiger charge is 1.92. The molecule has 2 nitrogen and oxygen atoms in total. The molecule has 0 heterocycles. The molecule has 0 aliphatic rings. The standard InChI is InChI=1S/C20H31BrO2/c21-16-12-7-5-3-1-2-4-6-8-13-17-22-19-23-18-20-14-10-9-11-15-20/h6,8-11,14-15H,1-5,7,12-13,16-19H2. The summed E-state index contributed by atoms with van der Waals surface area (Å²) in [5.41, 5.74) is 1.18. The molecule has 0 spiro atoms. The number of alkyl halides is 1. The number of rotatable bonds is 15. The molecule has 0 atom stereocenters. The molecule has 1 aromatic rings. The van der Waals surface area contributed by atoms with Gasteiger partial charge in [0, 0.05) is 5.33 Å². The number of hydrogen-bond donors (Lipinski definition) is 0. The van der Waals surface area contributed by atoms with E-state index in [0.29, 0.717) is 13.4 Å². The summed E-state index contributed by atoms with van der Waals surface area (Å²) in [6.45, 7) is 1.72. The fourth-order valence-corrected chi connectivity index (χ4v) is 2.70. The van der Waals surface area contributed by atoms with Crippen LogP contribution in [0.2, 0.25) is 0 Å². The molecule has 1 aromatic carbocycles. The first-order valence-corrected chi connectivity index (χ1v) is 9.96. The van der Waals surface area contributed by atoms with E-state index in [1.807, 2.05) is 18.2 Å². The molecule has 3 heteroatoms. The quantitative estimate of drug-likeness (QED) is 0.154. The maximum atomic E-state index is 5.47. The highest BCUT2D eigenvalue weighted by atomic mass is 79.9. The van der Waals surface area contributed by atoms with Crippen LogP contribution in [-0.4, -0.2) is 18.7 Å². The lowest BCUT2D eigenvalue weighted by molar-refractivity contribution is -0.0600. The monoisotopic (exact) mass is 382 g/mol. The van der Waals surface area contributed by atoms with Crippen molar-refractivity contribution < 1.29 is 9.47 Å². The summed E-state index contributed by atoms with van der Waals surface area (Å²) in [4.78, 5) is 0. The topological polar surface area (TPSA) is 18.5 Å². The van der Waals surface area contributed by atoms with E-state index in [1.165, 1.54) is 50.5 Å².